The van der Waals surface area contributed by atoms with Crippen LogP contribution in [0, 0.1) is 0 Å². The predicted octanol–water partition coefficient (Wildman–Crippen LogP) is 1.60. The van der Waals surface area contributed by atoms with Crippen LogP contribution in [0.2, 0.25) is 0 Å². The molecule has 0 saturated carbocycles. The molecule has 1 unspecified atom stereocenters. The highest BCUT2D eigenvalue weighted by atomic mass is 16.3. The van der Waals surface area contributed by atoms with E-state index in [1.807, 2.05) is 13.0 Å². The van der Waals surface area contributed by atoms with Crippen LogP contribution in [0.3, 0.4) is 0 Å². The third-order valence-corrected chi connectivity index (χ3v) is 2.10. The number of rotatable bonds is 2. The maximum atomic E-state index is 11.1. The number of hydrogen-bond acceptors (Lipinski definition) is 2. The molecule has 0 bridgehead atoms. The third kappa shape index (κ3) is 2.05. The summed E-state index contributed by atoms with van der Waals surface area (Å²) in [6, 6.07) is 0. The van der Waals surface area contributed by atoms with E-state index < -0.39 is 6.10 Å². The third-order valence-electron chi connectivity index (χ3n) is 2.10. The van der Waals surface area contributed by atoms with Crippen LogP contribution in [0.1, 0.15) is 26.7 Å². The number of Topliss-reactive ketones (excluding diaryl/α,β-unsaturated/α-hetero) is 1. The number of carbonyl (C=O) groups excluding carboxylic acids is 1. The Morgan fingerprint density at radius 3 is 2.58 bits per heavy atom. The minimum Gasteiger partial charge on any atom is -0.389 e. The molecule has 1 atom stereocenters. The Morgan fingerprint density at radius 2 is 2.17 bits per heavy atom. The lowest BCUT2D eigenvalue weighted by molar-refractivity contribution is -0.114. The van der Waals surface area contributed by atoms with Gasteiger partial charge in [-0.1, -0.05) is 12.2 Å². The SMILES string of the molecule is CC1=C(/C=C/C(C)O)CCC1=O. The van der Waals surface area contributed by atoms with E-state index in [1.165, 1.54) is 0 Å². The molecule has 0 aromatic carbocycles. The first-order valence-electron chi connectivity index (χ1n) is 4.20. The van der Waals surface area contributed by atoms with Crippen molar-refractivity contribution in [2.24, 2.45) is 0 Å². The zero-order valence-electron chi connectivity index (χ0n) is 7.50. The largest absolute Gasteiger partial charge is 0.389 e. The second-order valence-electron chi connectivity index (χ2n) is 3.17. The van der Waals surface area contributed by atoms with E-state index in [2.05, 4.69) is 0 Å². The van der Waals surface area contributed by atoms with E-state index >= 15 is 0 Å². The predicted molar refractivity (Wildman–Crippen MR) is 47.8 cm³/mol. The van der Waals surface area contributed by atoms with Gasteiger partial charge < -0.3 is 5.11 Å². The summed E-state index contributed by atoms with van der Waals surface area (Å²) in [5, 5.41) is 8.97. The average Bonchev–Trinajstić information content (AvgIpc) is 2.30. The van der Waals surface area contributed by atoms with Crippen LogP contribution in [-0.4, -0.2) is 17.0 Å². The van der Waals surface area contributed by atoms with Gasteiger partial charge in [0.2, 0.25) is 0 Å². The molecule has 12 heavy (non-hydrogen) atoms. The van der Waals surface area contributed by atoms with E-state index in [0.717, 1.165) is 17.6 Å². The topological polar surface area (TPSA) is 37.3 Å². The summed E-state index contributed by atoms with van der Waals surface area (Å²) in [6.45, 7) is 3.54. The van der Waals surface area contributed by atoms with Crippen LogP contribution >= 0.6 is 0 Å². The summed E-state index contributed by atoms with van der Waals surface area (Å²) in [7, 11) is 0. The number of ketones is 1. The molecular formula is C10H14O2. The maximum absolute atomic E-state index is 11.1. The number of allylic oxidation sites excluding steroid dienone is 3. The molecule has 0 fully saturated rings. The summed E-state index contributed by atoms with van der Waals surface area (Å²) in [4.78, 5) is 11.1. The van der Waals surface area contributed by atoms with Crippen molar-refractivity contribution in [3.8, 4) is 0 Å². The zero-order chi connectivity index (χ0) is 9.14. The van der Waals surface area contributed by atoms with E-state index in [0.29, 0.717) is 6.42 Å². The lowest BCUT2D eigenvalue weighted by Gasteiger charge is -1.95. The molecule has 1 N–H and O–H groups in total. The van der Waals surface area contributed by atoms with Gasteiger partial charge in [-0.2, -0.15) is 0 Å². The minimum atomic E-state index is -0.430. The molecule has 2 nitrogen and oxygen atoms in total. The summed E-state index contributed by atoms with van der Waals surface area (Å²) in [6.07, 6.45) is 4.59. The van der Waals surface area contributed by atoms with Crippen molar-refractivity contribution < 1.29 is 9.90 Å². The molecule has 1 rings (SSSR count). The Kier molecular flexibility index (Phi) is 2.82. The fraction of sp³-hybridized carbons (Fsp3) is 0.500. The summed E-state index contributed by atoms with van der Waals surface area (Å²) in [5.41, 5.74) is 1.92. The smallest absolute Gasteiger partial charge is 0.159 e. The molecule has 0 aliphatic heterocycles. The van der Waals surface area contributed by atoms with Crippen LogP contribution in [0.4, 0.5) is 0 Å². The first-order chi connectivity index (χ1) is 5.61. The molecule has 0 aromatic heterocycles. The van der Waals surface area contributed by atoms with Gasteiger partial charge in [-0.05, 0) is 31.4 Å². The van der Waals surface area contributed by atoms with Gasteiger partial charge in [0.15, 0.2) is 5.78 Å². The van der Waals surface area contributed by atoms with Gasteiger partial charge >= 0.3 is 0 Å². The van der Waals surface area contributed by atoms with Gasteiger partial charge in [0.25, 0.3) is 0 Å². The molecule has 1 aliphatic carbocycles. The Morgan fingerprint density at radius 1 is 1.50 bits per heavy atom. The van der Waals surface area contributed by atoms with Gasteiger partial charge in [0, 0.05) is 6.42 Å². The highest BCUT2D eigenvalue weighted by Gasteiger charge is 2.16. The lowest BCUT2D eigenvalue weighted by atomic mass is 10.1. The van der Waals surface area contributed by atoms with Crippen molar-refractivity contribution in [2.75, 3.05) is 0 Å². The molecular weight excluding hydrogens is 152 g/mol. The molecule has 0 heterocycles. The maximum Gasteiger partial charge on any atom is 0.159 e. The number of aliphatic hydroxyl groups excluding tert-OH is 1. The van der Waals surface area contributed by atoms with E-state index in [1.54, 1.807) is 13.0 Å². The Labute approximate surface area is 72.6 Å². The van der Waals surface area contributed by atoms with E-state index in [4.69, 9.17) is 5.11 Å². The van der Waals surface area contributed by atoms with Gasteiger partial charge in [-0.25, -0.2) is 0 Å². The lowest BCUT2D eigenvalue weighted by Crippen LogP contribution is -1.92. The Hall–Kier alpha value is -0.890. The second kappa shape index (κ2) is 3.68. The van der Waals surface area contributed by atoms with Crippen molar-refractivity contribution in [1.29, 1.82) is 0 Å². The molecule has 0 spiro atoms. The molecule has 0 aromatic rings. The van der Waals surface area contributed by atoms with Crippen molar-refractivity contribution >= 4 is 5.78 Å². The quantitative estimate of drug-likeness (QED) is 0.676. The summed E-state index contributed by atoms with van der Waals surface area (Å²) < 4.78 is 0. The van der Waals surface area contributed by atoms with Crippen LogP contribution < -0.4 is 0 Å². The fourth-order valence-corrected chi connectivity index (χ4v) is 1.27. The van der Waals surface area contributed by atoms with Gasteiger partial charge in [-0.3, -0.25) is 4.79 Å². The van der Waals surface area contributed by atoms with E-state index in [9.17, 15) is 4.79 Å². The molecule has 66 valence electrons. The van der Waals surface area contributed by atoms with E-state index in [-0.39, 0.29) is 5.78 Å². The minimum absolute atomic E-state index is 0.236. The van der Waals surface area contributed by atoms with Crippen LogP contribution in [0.15, 0.2) is 23.3 Å². The van der Waals surface area contributed by atoms with Gasteiger partial charge in [-0.15, -0.1) is 0 Å². The first-order valence-corrected chi connectivity index (χ1v) is 4.20. The molecule has 0 radical (unpaired) electrons. The second-order valence-corrected chi connectivity index (χ2v) is 3.17. The van der Waals surface area contributed by atoms with Crippen molar-refractivity contribution in [2.45, 2.75) is 32.8 Å². The van der Waals surface area contributed by atoms with Gasteiger partial charge in [0.05, 0.1) is 6.10 Å². The molecule has 1 aliphatic rings. The highest BCUT2D eigenvalue weighted by molar-refractivity contribution is 5.98. The van der Waals surface area contributed by atoms with Crippen LogP contribution in [0.25, 0.3) is 0 Å². The highest BCUT2D eigenvalue weighted by Crippen LogP contribution is 2.23. The fourth-order valence-electron chi connectivity index (χ4n) is 1.27. The Bertz CT molecular complexity index is 247. The molecule has 0 amide bonds. The number of carbonyl (C=O) groups is 1. The standard InChI is InChI=1S/C10H14O2/c1-7(11)3-4-9-5-6-10(12)8(9)2/h3-4,7,11H,5-6H2,1-2H3/b4-3+. The summed E-state index contributed by atoms with van der Waals surface area (Å²) in [5.74, 6) is 0.236. The normalized spacial score (nSPS) is 21.1. The monoisotopic (exact) mass is 166 g/mol. The van der Waals surface area contributed by atoms with Crippen molar-refractivity contribution in [3.05, 3.63) is 23.3 Å². The molecule has 2 heteroatoms. The summed E-state index contributed by atoms with van der Waals surface area (Å²) >= 11 is 0. The van der Waals surface area contributed by atoms with Crippen LogP contribution in [-0.2, 0) is 4.79 Å². The number of hydrogen-bond donors (Lipinski definition) is 1. The van der Waals surface area contributed by atoms with Crippen LogP contribution in [0.5, 0.6) is 0 Å². The van der Waals surface area contributed by atoms with Gasteiger partial charge in [0.1, 0.15) is 0 Å². The molecule has 0 saturated heterocycles. The average molecular weight is 166 g/mol. The zero-order valence-corrected chi connectivity index (χ0v) is 7.50. The van der Waals surface area contributed by atoms with Crippen molar-refractivity contribution in [1.82, 2.24) is 0 Å². The van der Waals surface area contributed by atoms with Crippen molar-refractivity contribution in [3.63, 3.8) is 0 Å². The Balaban J connectivity index is 2.70. The first kappa shape index (κ1) is 9.20. The number of aliphatic hydroxyl groups is 1.